The number of aryl methyl sites for hydroxylation is 3. The molecule has 1 aromatic heterocycles. The van der Waals surface area contributed by atoms with Crippen LogP contribution in [0.3, 0.4) is 0 Å². The number of allylic oxidation sites excluding steroid dienone is 1. The van der Waals surface area contributed by atoms with Crippen LogP contribution in [0.15, 0.2) is 71.3 Å². The Kier molecular flexibility index (Phi) is 9.95. The van der Waals surface area contributed by atoms with Gasteiger partial charge >= 0.3 is 5.97 Å². The lowest BCUT2D eigenvalue weighted by molar-refractivity contribution is -0.130. The normalized spacial score (nSPS) is 14.3. The molecule has 0 bridgehead atoms. The molecule has 1 heterocycles. The number of carbonyl (C=O) groups is 1. The van der Waals surface area contributed by atoms with Gasteiger partial charge in [0.05, 0.1) is 0 Å². The van der Waals surface area contributed by atoms with Crippen LogP contribution in [0.4, 0.5) is 0 Å². The van der Waals surface area contributed by atoms with Gasteiger partial charge in [-0.05, 0) is 55.9 Å². The third kappa shape index (κ3) is 7.59. The van der Waals surface area contributed by atoms with Gasteiger partial charge in [0, 0.05) is 24.2 Å². The fourth-order valence-electron chi connectivity index (χ4n) is 4.82. The lowest BCUT2D eigenvalue weighted by Gasteiger charge is -2.27. The molecular weight excluding hydrogens is 474 g/mol. The van der Waals surface area contributed by atoms with Crippen LogP contribution in [-0.4, -0.2) is 16.1 Å². The molecule has 36 heavy (non-hydrogen) atoms. The highest BCUT2D eigenvalue weighted by molar-refractivity contribution is 6.29. The maximum Gasteiger partial charge on any atom is 0.339 e. The maximum atomic E-state index is 12.4. The summed E-state index contributed by atoms with van der Waals surface area (Å²) in [5, 5.41) is 10.6. The third-order valence-corrected chi connectivity index (χ3v) is 6.56. The Morgan fingerprint density at radius 2 is 1.64 bits per heavy atom. The molecule has 0 atom stereocenters. The SMILES string of the molecule is Cc1cc(C)c(/C(C(=O)O)=C(\OCc2ccccc2)C2CCCCC2)c(C)c1.O=c1cc[nH]c(Cl)c1. The summed E-state index contributed by atoms with van der Waals surface area (Å²) >= 11 is 5.39. The number of aliphatic carboxylic acids is 1. The van der Waals surface area contributed by atoms with E-state index in [9.17, 15) is 14.7 Å². The van der Waals surface area contributed by atoms with Crippen molar-refractivity contribution in [1.29, 1.82) is 0 Å². The van der Waals surface area contributed by atoms with E-state index in [1.54, 1.807) is 0 Å². The van der Waals surface area contributed by atoms with Gasteiger partial charge in [-0.15, -0.1) is 0 Å². The van der Waals surface area contributed by atoms with Crippen LogP contribution in [0.2, 0.25) is 5.15 Å². The van der Waals surface area contributed by atoms with E-state index in [1.807, 2.05) is 51.1 Å². The summed E-state index contributed by atoms with van der Waals surface area (Å²) in [6.45, 7) is 6.43. The first-order chi connectivity index (χ1) is 17.3. The standard InChI is InChI=1S/C25H30O3.C5H4ClNO/c1-17-14-18(2)22(19(3)15-17)23(25(26)27)24(21-12-8-5-9-13-21)28-16-20-10-6-4-7-11-20;6-5-3-4(8)1-2-7-5/h4,6-7,10-11,14-15,21H,5,8-9,12-13,16H2,1-3H3,(H,26,27);1-3H,(H,7,8)/b24-23+;. The summed E-state index contributed by atoms with van der Waals surface area (Å²) < 4.78 is 6.28. The Balaban J connectivity index is 0.000000383. The van der Waals surface area contributed by atoms with Crippen molar-refractivity contribution in [2.45, 2.75) is 59.5 Å². The molecule has 0 aliphatic heterocycles. The van der Waals surface area contributed by atoms with E-state index in [1.165, 1.54) is 24.8 Å². The molecule has 1 aliphatic carbocycles. The predicted octanol–water partition coefficient (Wildman–Crippen LogP) is 7.23. The fourth-order valence-corrected chi connectivity index (χ4v) is 4.99. The van der Waals surface area contributed by atoms with Crippen LogP contribution in [0.1, 0.15) is 59.9 Å². The minimum Gasteiger partial charge on any atom is -0.492 e. The molecule has 1 saturated carbocycles. The zero-order valence-corrected chi connectivity index (χ0v) is 21.9. The van der Waals surface area contributed by atoms with Gasteiger partial charge in [0.1, 0.15) is 23.1 Å². The predicted molar refractivity (Wildman–Crippen MR) is 145 cm³/mol. The van der Waals surface area contributed by atoms with E-state index in [0.717, 1.165) is 53.5 Å². The molecule has 0 unspecified atom stereocenters. The molecule has 0 saturated heterocycles. The van der Waals surface area contributed by atoms with Gasteiger partial charge in [0.15, 0.2) is 5.43 Å². The molecule has 2 aromatic carbocycles. The molecule has 1 aliphatic rings. The van der Waals surface area contributed by atoms with Gasteiger partial charge in [-0.1, -0.05) is 78.9 Å². The van der Waals surface area contributed by atoms with Gasteiger partial charge in [0.2, 0.25) is 0 Å². The first-order valence-corrected chi connectivity index (χ1v) is 12.7. The van der Waals surface area contributed by atoms with Crippen molar-refractivity contribution < 1.29 is 14.6 Å². The van der Waals surface area contributed by atoms with E-state index in [0.29, 0.717) is 23.1 Å². The van der Waals surface area contributed by atoms with Gasteiger partial charge in [0.25, 0.3) is 0 Å². The molecule has 6 heteroatoms. The minimum absolute atomic E-state index is 0.0752. The zero-order chi connectivity index (χ0) is 26.1. The first kappa shape index (κ1) is 27.3. The number of H-pyrrole nitrogens is 1. The quantitative estimate of drug-likeness (QED) is 0.209. The second-order valence-corrected chi connectivity index (χ2v) is 9.71. The third-order valence-electron chi connectivity index (χ3n) is 6.34. The summed E-state index contributed by atoms with van der Waals surface area (Å²) in [6.07, 6.45) is 6.96. The van der Waals surface area contributed by atoms with E-state index in [2.05, 4.69) is 17.1 Å². The summed E-state index contributed by atoms with van der Waals surface area (Å²) in [7, 11) is 0. The highest BCUT2D eigenvalue weighted by Gasteiger charge is 2.29. The average Bonchev–Trinajstić information content (AvgIpc) is 2.84. The molecule has 3 aromatic rings. The number of carboxylic acids is 1. The number of pyridine rings is 1. The van der Waals surface area contributed by atoms with E-state index in [-0.39, 0.29) is 11.3 Å². The Morgan fingerprint density at radius 1 is 1.00 bits per heavy atom. The van der Waals surface area contributed by atoms with Gasteiger partial charge in [-0.3, -0.25) is 4.79 Å². The summed E-state index contributed by atoms with van der Waals surface area (Å²) in [5.41, 5.74) is 5.27. The average molecular weight is 508 g/mol. The topological polar surface area (TPSA) is 79.4 Å². The van der Waals surface area contributed by atoms with E-state index in [4.69, 9.17) is 16.3 Å². The van der Waals surface area contributed by atoms with Crippen LogP contribution in [-0.2, 0) is 16.1 Å². The van der Waals surface area contributed by atoms with Crippen molar-refractivity contribution >= 4 is 23.1 Å². The first-order valence-electron chi connectivity index (χ1n) is 12.3. The summed E-state index contributed by atoms with van der Waals surface area (Å²) in [5.74, 6) is -0.0709. The summed E-state index contributed by atoms with van der Waals surface area (Å²) in [4.78, 5) is 25.5. The summed E-state index contributed by atoms with van der Waals surface area (Å²) in [6, 6.07) is 16.8. The van der Waals surface area contributed by atoms with Crippen molar-refractivity contribution in [2.24, 2.45) is 5.92 Å². The van der Waals surface area contributed by atoms with Crippen LogP contribution >= 0.6 is 11.6 Å². The number of hydrogen-bond acceptors (Lipinski definition) is 3. The van der Waals surface area contributed by atoms with E-state index < -0.39 is 5.97 Å². The fraction of sp³-hybridized carbons (Fsp3) is 0.333. The maximum absolute atomic E-state index is 12.4. The molecule has 4 rings (SSSR count). The highest BCUT2D eigenvalue weighted by Crippen LogP contribution is 2.37. The van der Waals surface area contributed by atoms with Gasteiger partial charge in [-0.25, -0.2) is 4.79 Å². The molecule has 0 amide bonds. The molecule has 0 spiro atoms. The molecule has 0 radical (unpaired) electrons. The number of hydrogen-bond donors (Lipinski definition) is 2. The highest BCUT2D eigenvalue weighted by atomic mass is 35.5. The lowest BCUT2D eigenvalue weighted by atomic mass is 9.83. The number of rotatable bonds is 6. The van der Waals surface area contributed by atoms with Crippen molar-refractivity contribution in [3.8, 4) is 0 Å². The van der Waals surface area contributed by atoms with Crippen LogP contribution in [0, 0.1) is 26.7 Å². The van der Waals surface area contributed by atoms with Crippen molar-refractivity contribution in [3.05, 3.63) is 110 Å². The number of benzene rings is 2. The van der Waals surface area contributed by atoms with Crippen molar-refractivity contribution in [1.82, 2.24) is 4.98 Å². The van der Waals surface area contributed by atoms with E-state index >= 15 is 0 Å². The minimum atomic E-state index is -0.899. The molecule has 1 fully saturated rings. The Morgan fingerprint density at radius 3 is 2.17 bits per heavy atom. The molecule has 2 N–H and O–H groups in total. The number of halogens is 1. The Labute approximate surface area is 217 Å². The van der Waals surface area contributed by atoms with Crippen LogP contribution in [0.5, 0.6) is 0 Å². The lowest BCUT2D eigenvalue weighted by Crippen LogP contribution is -2.18. The van der Waals surface area contributed by atoms with Crippen LogP contribution in [0.25, 0.3) is 5.57 Å². The zero-order valence-electron chi connectivity index (χ0n) is 21.1. The van der Waals surface area contributed by atoms with Crippen molar-refractivity contribution in [3.63, 3.8) is 0 Å². The monoisotopic (exact) mass is 507 g/mol. The number of carboxylic acid groups (broad SMARTS) is 1. The van der Waals surface area contributed by atoms with Crippen LogP contribution < -0.4 is 5.43 Å². The number of ether oxygens (including phenoxy) is 1. The number of nitrogens with one attached hydrogen (secondary N) is 1. The Hall–Kier alpha value is -3.31. The second kappa shape index (κ2) is 13.1. The number of aromatic amines is 1. The van der Waals surface area contributed by atoms with Gasteiger partial charge < -0.3 is 14.8 Å². The van der Waals surface area contributed by atoms with Gasteiger partial charge in [-0.2, -0.15) is 0 Å². The second-order valence-electron chi connectivity index (χ2n) is 9.30. The largest absolute Gasteiger partial charge is 0.492 e. The number of aromatic nitrogens is 1. The smallest absolute Gasteiger partial charge is 0.339 e. The molecular formula is C30H34ClNO4. The van der Waals surface area contributed by atoms with Crippen molar-refractivity contribution in [2.75, 3.05) is 0 Å². The Bertz CT molecular complexity index is 1230. The molecule has 190 valence electrons. The molecule has 5 nitrogen and oxygen atoms in total.